The normalized spacial score (nSPS) is 12.3. The largest absolute Gasteiger partial charge is 0.454 e. The molecule has 0 spiro atoms. The van der Waals surface area contributed by atoms with Crippen LogP contribution < -0.4 is 4.74 Å². The lowest BCUT2D eigenvalue weighted by Gasteiger charge is -2.18. The number of halogens is 6. The number of nitrogens with zero attached hydrogens (tertiary/aromatic N) is 1. The number of rotatable bonds is 2. The summed E-state index contributed by atoms with van der Waals surface area (Å²) in [5, 5.41) is 0. The van der Waals surface area contributed by atoms with Gasteiger partial charge in [-0.25, -0.2) is 0 Å². The van der Waals surface area contributed by atoms with Gasteiger partial charge in [-0.2, -0.15) is 26.3 Å². The first-order valence-corrected chi connectivity index (χ1v) is 5.47. The minimum Gasteiger partial charge on any atom is -0.454 e. The Morgan fingerprint density at radius 1 is 0.905 bits per heavy atom. The average Bonchev–Trinajstić information content (AvgIpc) is 2.37. The summed E-state index contributed by atoms with van der Waals surface area (Å²) in [6.45, 7) is 0. The Kier molecular flexibility index (Phi) is 3.80. The van der Waals surface area contributed by atoms with Crippen LogP contribution in [0.15, 0.2) is 36.5 Å². The van der Waals surface area contributed by atoms with Crippen molar-refractivity contribution in [3.8, 4) is 11.5 Å². The maximum absolute atomic E-state index is 12.9. The fourth-order valence-electron chi connectivity index (χ4n) is 1.58. The van der Waals surface area contributed by atoms with Gasteiger partial charge in [-0.05, 0) is 24.3 Å². The Labute approximate surface area is 115 Å². The molecule has 1 radical (unpaired) electrons. The molecule has 2 rings (SSSR count). The third kappa shape index (κ3) is 3.45. The standard InChI is InChI=1S/C13H6F6NO/c14-12(15,16)9-4-1-5-10(13(17,18)19)11(9)21-8-3-2-6-20-7-8/h1-5,7H. The second kappa shape index (κ2) is 5.27. The van der Waals surface area contributed by atoms with Crippen molar-refractivity contribution in [3.63, 3.8) is 0 Å². The van der Waals surface area contributed by atoms with E-state index in [0.717, 1.165) is 12.3 Å². The van der Waals surface area contributed by atoms with Crippen molar-refractivity contribution in [2.45, 2.75) is 12.4 Å². The van der Waals surface area contributed by atoms with E-state index in [-0.39, 0.29) is 5.75 Å². The molecule has 0 atom stereocenters. The van der Waals surface area contributed by atoms with Crippen molar-refractivity contribution in [2.75, 3.05) is 0 Å². The fraction of sp³-hybridized carbons (Fsp3) is 0.154. The SMILES string of the molecule is FC(F)(F)c1cccc(C(F)(F)F)c1Oc1cc[c]nc1. The third-order valence-corrected chi connectivity index (χ3v) is 2.43. The monoisotopic (exact) mass is 306 g/mol. The van der Waals surface area contributed by atoms with E-state index >= 15 is 0 Å². The Bertz CT molecular complexity index is 589. The van der Waals surface area contributed by atoms with Gasteiger partial charge in [0, 0.05) is 0 Å². The van der Waals surface area contributed by atoms with Crippen molar-refractivity contribution in [2.24, 2.45) is 0 Å². The number of aromatic nitrogens is 1. The minimum atomic E-state index is -4.98. The van der Waals surface area contributed by atoms with E-state index in [9.17, 15) is 26.3 Å². The van der Waals surface area contributed by atoms with Crippen LogP contribution in [0.2, 0.25) is 0 Å². The molecule has 21 heavy (non-hydrogen) atoms. The van der Waals surface area contributed by atoms with Gasteiger partial charge >= 0.3 is 12.4 Å². The molecule has 0 amide bonds. The first-order valence-electron chi connectivity index (χ1n) is 5.47. The number of para-hydroxylation sites is 1. The van der Waals surface area contributed by atoms with Gasteiger partial charge in [0.25, 0.3) is 0 Å². The molecule has 0 aliphatic heterocycles. The minimum absolute atomic E-state index is 0.254. The molecule has 1 aromatic heterocycles. The number of pyridine rings is 1. The molecular formula is C13H6F6NO. The van der Waals surface area contributed by atoms with Crippen molar-refractivity contribution >= 4 is 0 Å². The van der Waals surface area contributed by atoms with Crippen LogP contribution in [0.1, 0.15) is 11.1 Å². The third-order valence-electron chi connectivity index (χ3n) is 2.43. The Balaban J connectivity index is 2.59. The van der Waals surface area contributed by atoms with Crippen molar-refractivity contribution in [1.82, 2.24) is 4.98 Å². The Morgan fingerprint density at radius 2 is 1.48 bits per heavy atom. The summed E-state index contributed by atoms with van der Waals surface area (Å²) in [7, 11) is 0. The number of hydrogen-bond acceptors (Lipinski definition) is 2. The summed E-state index contributed by atoms with van der Waals surface area (Å²) in [6.07, 6.45) is -6.66. The zero-order chi connectivity index (χ0) is 15.7. The van der Waals surface area contributed by atoms with E-state index in [1.807, 2.05) is 0 Å². The molecule has 2 aromatic rings. The number of hydrogen-bond donors (Lipinski definition) is 0. The summed E-state index contributed by atoms with van der Waals surface area (Å²) in [5.41, 5.74) is -3.02. The molecule has 0 bridgehead atoms. The summed E-state index contributed by atoms with van der Waals surface area (Å²) in [5.74, 6) is -1.55. The molecule has 8 heteroatoms. The highest BCUT2D eigenvalue weighted by Crippen LogP contribution is 2.45. The lowest BCUT2D eigenvalue weighted by Crippen LogP contribution is -2.13. The molecule has 0 N–H and O–H groups in total. The van der Waals surface area contributed by atoms with E-state index in [1.54, 1.807) is 0 Å². The summed E-state index contributed by atoms with van der Waals surface area (Å²) < 4.78 is 81.9. The number of ether oxygens (including phenoxy) is 1. The zero-order valence-corrected chi connectivity index (χ0v) is 10.1. The van der Waals surface area contributed by atoms with Crippen LogP contribution >= 0.6 is 0 Å². The Hall–Kier alpha value is -2.25. The van der Waals surface area contributed by atoms with Gasteiger partial charge < -0.3 is 4.74 Å². The van der Waals surface area contributed by atoms with E-state index in [2.05, 4.69) is 11.2 Å². The van der Waals surface area contributed by atoms with Crippen LogP contribution in [0.25, 0.3) is 0 Å². The molecule has 2 nitrogen and oxygen atoms in total. The fourth-order valence-corrected chi connectivity index (χ4v) is 1.58. The van der Waals surface area contributed by atoms with E-state index in [1.165, 1.54) is 6.07 Å². The predicted molar refractivity (Wildman–Crippen MR) is 59.6 cm³/mol. The highest BCUT2D eigenvalue weighted by atomic mass is 19.4. The molecule has 1 heterocycles. The number of alkyl halides is 6. The Morgan fingerprint density at radius 3 is 1.90 bits per heavy atom. The average molecular weight is 306 g/mol. The molecule has 0 fully saturated rings. The quantitative estimate of drug-likeness (QED) is 0.750. The molecule has 0 aliphatic rings. The van der Waals surface area contributed by atoms with E-state index < -0.39 is 29.2 Å². The summed E-state index contributed by atoms with van der Waals surface area (Å²) in [6, 6.07) is 4.08. The number of benzene rings is 1. The highest BCUT2D eigenvalue weighted by molar-refractivity contribution is 5.47. The van der Waals surface area contributed by atoms with E-state index in [4.69, 9.17) is 4.74 Å². The van der Waals surface area contributed by atoms with Gasteiger partial charge in [-0.3, -0.25) is 4.98 Å². The van der Waals surface area contributed by atoms with Crippen molar-refractivity contribution in [1.29, 1.82) is 0 Å². The van der Waals surface area contributed by atoms with Gasteiger partial charge in [-0.1, -0.05) is 6.07 Å². The molecule has 0 saturated carbocycles. The van der Waals surface area contributed by atoms with Gasteiger partial charge in [-0.15, -0.1) is 0 Å². The van der Waals surface area contributed by atoms with Gasteiger partial charge in [0.05, 0.1) is 23.5 Å². The summed E-state index contributed by atoms with van der Waals surface area (Å²) in [4.78, 5) is 3.45. The first-order chi connectivity index (χ1) is 9.69. The second-order valence-electron chi connectivity index (χ2n) is 3.90. The molecular weight excluding hydrogens is 300 g/mol. The molecule has 111 valence electrons. The summed E-state index contributed by atoms with van der Waals surface area (Å²) >= 11 is 0. The highest BCUT2D eigenvalue weighted by Gasteiger charge is 2.42. The van der Waals surface area contributed by atoms with Crippen molar-refractivity contribution < 1.29 is 31.1 Å². The van der Waals surface area contributed by atoms with Crippen LogP contribution in [-0.2, 0) is 12.4 Å². The first kappa shape index (κ1) is 15.1. The molecule has 0 aliphatic carbocycles. The maximum Gasteiger partial charge on any atom is 0.420 e. The maximum atomic E-state index is 12.9. The molecule has 0 saturated heterocycles. The van der Waals surface area contributed by atoms with Crippen LogP contribution in [0, 0.1) is 6.20 Å². The van der Waals surface area contributed by atoms with E-state index in [0.29, 0.717) is 18.2 Å². The second-order valence-corrected chi connectivity index (χ2v) is 3.90. The van der Waals surface area contributed by atoms with Crippen LogP contribution in [0.5, 0.6) is 11.5 Å². The lowest BCUT2D eigenvalue weighted by molar-refractivity contribution is -0.144. The van der Waals surface area contributed by atoms with Crippen molar-refractivity contribution in [3.05, 3.63) is 53.9 Å². The van der Waals surface area contributed by atoms with Gasteiger partial charge in [0.2, 0.25) is 0 Å². The zero-order valence-electron chi connectivity index (χ0n) is 10.1. The van der Waals surface area contributed by atoms with Crippen LogP contribution in [0.4, 0.5) is 26.3 Å². The molecule has 1 aromatic carbocycles. The van der Waals surface area contributed by atoms with Crippen LogP contribution in [0.3, 0.4) is 0 Å². The van der Waals surface area contributed by atoms with Crippen LogP contribution in [-0.4, -0.2) is 4.98 Å². The molecule has 0 unspecified atom stereocenters. The topological polar surface area (TPSA) is 22.1 Å². The smallest absolute Gasteiger partial charge is 0.420 e. The van der Waals surface area contributed by atoms with Gasteiger partial charge in [0.1, 0.15) is 5.75 Å². The van der Waals surface area contributed by atoms with Gasteiger partial charge in [0.15, 0.2) is 5.75 Å². The predicted octanol–water partition coefficient (Wildman–Crippen LogP) is 4.71. The lowest BCUT2D eigenvalue weighted by atomic mass is 10.1.